The van der Waals surface area contributed by atoms with Gasteiger partial charge in [0.05, 0.1) is 0 Å². The van der Waals surface area contributed by atoms with Gasteiger partial charge in [0, 0.05) is 11.8 Å². The van der Waals surface area contributed by atoms with Gasteiger partial charge in [-0.1, -0.05) is 0 Å². The molecule has 0 unspecified atom stereocenters. The number of nitrogens with two attached hydrogens (primary N) is 1. The highest BCUT2D eigenvalue weighted by Crippen LogP contribution is 2.34. The lowest BCUT2D eigenvalue weighted by Crippen LogP contribution is -2.30. The van der Waals surface area contributed by atoms with Crippen molar-refractivity contribution < 1.29 is 18.3 Å². The first-order valence-electron chi connectivity index (χ1n) is 4.10. The average molecular weight is 201 g/mol. The fourth-order valence-corrected chi connectivity index (χ4v) is 1.17. The number of fused-ring (bicyclic) bond motifs is 1. The molecule has 0 spiro atoms. The topological polar surface area (TPSA) is 44.5 Å². The summed E-state index contributed by atoms with van der Waals surface area (Å²) in [4.78, 5) is 0. The van der Waals surface area contributed by atoms with Crippen LogP contribution < -0.4 is 15.2 Å². The van der Waals surface area contributed by atoms with E-state index >= 15 is 0 Å². The van der Waals surface area contributed by atoms with E-state index in [0.717, 1.165) is 0 Å². The number of halogens is 2. The molecule has 76 valence electrons. The van der Waals surface area contributed by atoms with E-state index in [4.69, 9.17) is 15.2 Å². The van der Waals surface area contributed by atoms with E-state index in [2.05, 4.69) is 0 Å². The highest BCUT2D eigenvalue weighted by atomic mass is 19.3. The fraction of sp³-hybridized carbons (Fsp3) is 0.333. The summed E-state index contributed by atoms with van der Waals surface area (Å²) in [6, 6.07) is 4.56. The molecule has 1 aliphatic heterocycles. The van der Waals surface area contributed by atoms with Gasteiger partial charge in [-0.2, -0.15) is 8.78 Å². The predicted molar refractivity (Wildman–Crippen MR) is 46.8 cm³/mol. The van der Waals surface area contributed by atoms with Gasteiger partial charge in [0.2, 0.25) is 0 Å². The zero-order valence-corrected chi connectivity index (χ0v) is 7.30. The van der Waals surface area contributed by atoms with Crippen LogP contribution in [0.4, 0.5) is 14.5 Å². The van der Waals surface area contributed by atoms with Gasteiger partial charge in [-0.05, 0) is 12.1 Å². The molecule has 3 nitrogen and oxygen atoms in total. The number of ether oxygens (including phenoxy) is 2. The van der Waals surface area contributed by atoms with Crippen LogP contribution in [0.25, 0.3) is 0 Å². The van der Waals surface area contributed by atoms with Gasteiger partial charge in [-0.3, -0.25) is 0 Å². The van der Waals surface area contributed by atoms with Crippen LogP contribution in [0.3, 0.4) is 0 Å². The summed E-state index contributed by atoms with van der Waals surface area (Å²) in [5.41, 5.74) is 5.93. The van der Waals surface area contributed by atoms with Crippen molar-refractivity contribution in [2.75, 3.05) is 18.9 Å². The van der Waals surface area contributed by atoms with Gasteiger partial charge < -0.3 is 15.2 Å². The molecule has 0 saturated carbocycles. The summed E-state index contributed by atoms with van der Waals surface area (Å²) >= 11 is 0. The maximum atomic E-state index is 12.8. The van der Waals surface area contributed by atoms with Crippen molar-refractivity contribution in [1.82, 2.24) is 0 Å². The lowest BCUT2D eigenvalue weighted by Gasteiger charge is -2.10. The van der Waals surface area contributed by atoms with Crippen molar-refractivity contribution in [2.24, 2.45) is 0 Å². The van der Waals surface area contributed by atoms with Crippen molar-refractivity contribution in [3.8, 4) is 11.5 Å². The molecule has 1 heterocycles. The number of nitrogen functional groups attached to an aromatic ring is 1. The van der Waals surface area contributed by atoms with Crippen molar-refractivity contribution in [1.29, 1.82) is 0 Å². The molecule has 0 amide bonds. The summed E-state index contributed by atoms with van der Waals surface area (Å²) in [6.45, 7) is -1.34. The van der Waals surface area contributed by atoms with Gasteiger partial charge in [0.25, 0.3) is 0 Å². The molecule has 14 heavy (non-hydrogen) atoms. The minimum atomic E-state index is -2.95. The van der Waals surface area contributed by atoms with Crippen LogP contribution in [-0.2, 0) is 0 Å². The molecule has 1 aliphatic rings. The zero-order valence-electron chi connectivity index (χ0n) is 7.30. The Kier molecular flexibility index (Phi) is 1.94. The first kappa shape index (κ1) is 9.05. The first-order chi connectivity index (χ1) is 6.57. The molecule has 0 radical (unpaired) electrons. The first-order valence-corrected chi connectivity index (χ1v) is 4.10. The van der Waals surface area contributed by atoms with E-state index in [1.54, 1.807) is 6.07 Å². The van der Waals surface area contributed by atoms with Gasteiger partial charge in [-0.15, -0.1) is 0 Å². The van der Waals surface area contributed by atoms with E-state index in [1.165, 1.54) is 12.1 Å². The van der Waals surface area contributed by atoms with Crippen LogP contribution >= 0.6 is 0 Å². The monoisotopic (exact) mass is 201 g/mol. The molecule has 5 heteroatoms. The number of hydrogen-bond acceptors (Lipinski definition) is 3. The number of benzene rings is 1. The maximum Gasteiger partial charge on any atom is 0.314 e. The van der Waals surface area contributed by atoms with E-state index in [9.17, 15) is 8.78 Å². The van der Waals surface area contributed by atoms with E-state index in [1.807, 2.05) is 0 Å². The Labute approximate surface area is 79.4 Å². The molecule has 2 N–H and O–H groups in total. The van der Waals surface area contributed by atoms with Crippen LogP contribution in [0.2, 0.25) is 0 Å². The maximum absolute atomic E-state index is 12.8. The van der Waals surface area contributed by atoms with Crippen LogP contribution in [0.15, 0.2) is 18.2 Å². The van der Waals surface area contributed by atoms with Crippen molar-refractivity contribution in [3.63, 3.8) is 0 Å². The van der Waals surface area contributed by atoms with Crippen molar-refractivity contribution in [3.05, 3.63) is 18.2 Å². The minimum Gasteiger partial charge on any atom is -0.483 e. The van der Waals surface area contributed by atoms with Crippen LogP contribution in [0, 0.1) is 0 Å². The Morgan fingerprint density at radius 1 is 1.14 bits per heavy atom. The molecule has 1 aromatic carbocycles. The summed E-state index contributed by atoms with van der Waals surface area (Å²) in [6.07, 6.45) is 0. The molecule has 0 aliphatic carbocycles. The second-order valence-electron chi connectivity index (χ2n) is 3.14. The molecule has 0 bridgehead atoms. The molecule has 0 aromatic heterocycles. The highest BCUT2D eigenvalue weighted by Gasteiger charge is 2.34. The summed E-state index contributed by atoms with van der Waals surface area (Å²) in [5, 5.41) is 0. The normalized spacial score (nSPS) is 18.7. The van der Waals surface area contributed by atoms with Crippen LogP contribution in [0.5, 0.6) is 11.5 Å². The largest absolute Gasteiger partial charge is 0.483 e. The number of alkyl halides is 2. The Morgan fingerprint density at radius 3 is 2.50 bits per heavy atom. The van der Waals surface area contributed by atoms with E-state index < -0.39 is 19.1 Å². The second-order valence-corrected chi connectivity index (χ2v) is 3.14. The molecule has 2 rings (SSSR count). The lowest BCUT2D eigenvalue weighted by atomic mass is 10.3. The molecular formula is C9H9F2NO2. The number of anilines is 1. The van der Waals surface area contributed by atoms with Crippen molar-refractivity contribution >= 4 is 5.69 Å². The molecule has 0 saturated heterocycles. The summed E-state index contributed by atoms with van der Waals surface area (Å²) in [5.74, 6) is -2.38. The van der Waals surface area contributed by atoms with Gasteiger partial charge in [0.15, 0.2) is 24.7 Å². The molecule has 0 fully saturated rings. The summed E-state index contributed by atoms with van der Waals surface area (Å²) < 4.78 is 35.5. The molecule has 1 aromatic rings. The van der Waals surface area contributed by atoms with E-state index in [-0.39, 0.29) is 5.75 Å². The third-order valence-electron chi connectivity index (χ3n) is 1.85. The Morgan fingerprint density at radius 2 is 1.79 bits per heavy atom. The van der Waals surface area contributed by atoms with Gasteiger partial charge in [0.1, 0.15) is 0 Å². The SMILES string of the molecule is Nc1ccc2c(c1)OCC(F)(F)CO2. The van der Waals surface area contributed by atoms with Crippen LogP contribution in [0.1, 0.15) is 0 Å². The summed E-state index contributed by atoms with van der Waals surface area (Å²) in [7, 11) is 0. The third-order valence-corrected chi connectivity index (χ3v) is 1.85. The zero-order chi connectivity index (χ0) is 10.2. The van der Waals surface area contributed by atoms with Crippen LogP contribution in [-0.4, -0.2) is 19.1 Å². The highest BCUT2D eigenvalue weighted by molar-refractivity contribution is 5.52. The quantitative estimate of drug-likeness (QED) is 0.649. The number of rotatable bonds is 0. The Balaban J connectivity index is 2.30. The average Bonchev–Trinajstić information content (AvgIpc) is 2.26. The number of hydrogen-bond donors (Lipinski definition) is 1. The molecule has 0 atom stereocenters. The predicted octanol–water partition coefficient (Wildman–Crippen LogP) is 1.68. The molecular weight excluding hydrogens is 192 g/mol. The fourth-order valence-electron chi connectivity index (χ4n) is 1.17. The minimum absolute atomic E-state index is 0.266. The standard InChI is InChI=1S/C9H9F2NO2/c10-9(11)4-13-7-2-1-6(12)3-8(7)14-5-9/h1-3H,4-5,12H2. The van der Waals surface area contributed by atoms with Gasteiger partial charge in [-0.25, -0.2) is 0 Å². The smallest absolute Gasteiger partial charge is 0.314 e. The second kappa shape index (κ2) is 3.01. The van der Waals surface area contributed by atoms with Crippen molar-refractivity contribution in [2.45, 2.75) is 5.92 Å². The Hall–Kier alpha value is -1.52. The van der Waals surface area contributed by atoms with E-state index in [0.29, 0.717) is 11.4 Å². The Bertz CT molecular complexity index is 355. The van der Waals surface area contributed by atoms with Gasteiger partial charge >= 0.3 is 5.92 Å². The lowest BCUT2D eigenvalue weighted by molar-refractivity contribution is -0.0622. The third kappa shape index (κ3) is 1.71.